The molecule has 0 fully saturated rings. The molecule has 0 spiro atoms. The van der Waals surface area contributed by atoms with Crippen molar-refractivity contribution in [2.75, 3.05) is 12.4 Å². The quantitative estimate of drug-likeness (QED) is 0.694. The van der Waals surface area contributed by atoms with Crippen molar-refractivity contribution in [2.24, 2.45) is 0 Å². The first-order chi connectivity index (χ1) is 12.1. The van der Waals surface area contributed by atoms with Crippen LogP contribution in [-0.2, 0) is 17.7 Å². The standard InChI is InChI=1S/C18H16FN3O3/c1-24-17(23)14-6-2-13(3-7-14)11-20-18-22-21-16(25-18)10-12-4-8-15(19)9-5-12/h2-9H,10-11H2,1H3,(H,20,22). The highest BCUT2D eigenvalue weighted by molar-refractivity contribution is 5.89. The van der Waals surface area contributed by atoms with Gasteiger partial charge < -0.3 is 14.5 Å². The van der Waals surface area contributed by atoms with Gasteiger partial charge >= 0.3 is 12.0 Å². The molecule has 7 heteroatoms. The number of esters is 1. The summed E-state index contributed by atoms with van der Waals surface area (Å²) in [4.78, 5) is 11.4. The van der Waals surface area contributed by atoms with Gasteiger partial charge in [0.15, 0.2) is 0 Å². The molecule has 1 N–H and O–H groups in total. The van der Waals surface area contributed by atoms with Gasteiger partial charge in [-0.1, -0.05) is 29.4 Å². The zero-order chi connectivity index (χ0) is 17.6. The Morgan fingerprint density at radius 3 is 2.44 bits per heavy atom. The van der Waals surface area contributed by atoms with Crippen molar-refractivity contribution in [3.05, 3.63) is 76.9 Å². The van der Waals surface area contributed by atoms with Crippen LogP contribution in [0.4, 0.5) is 10.4 Å². The lowest BCUT2D eigenvalue weighted by Gasteiger charge is -2.03. The highest BCUT2D eigenvalue weighted by atomic mass is 19.1. The fraction of sp³-hybridized carbons (Fsp3) is 0.167. The number of aromatic nitrogens is 2. The number of hydrogen-bond acceptors (Lipinski definition) is 6. The van der Waals surface area contributed by atoms with Crippen LogP contribution in [0.3, 0.4) is 0 Å². The number of anilines is 1. The van der Waals surface area contributed by atoms with Crippen LogP contribution >= 0.6 is 0 Å². The Bertz CT molecular complexity index is 845. The van der Waals surface area contributed by atoms with E-state index < -0.39 is 0 Å². The molecule has 0 unspecified atom stereocenters. The first-order valence-electron chi connectivity index (χ1n) is 7.62. The van der Waals surface area contributed by atoms with Gasteiger partial charge in [0.2, 0.25) is 5.89 Å². The number of carbonyl (C=O) groups excluding carboxylic acids is 1. The minimum atomic E-state index is -0.373. The largest absolute Gasteiger partial charge is 0.465 e. The zero-order valence-electron chi connectivity index (χ0n) is 13.5. The summed E-state index contributed by atoms with van der Waals surface area (Å²) in [6.07, 6.45) is 0.433. The van der Waals surface area contributed by atoms with E-state index in [1.54, 1.807) is 24.3 Å². The van der Waals surface area contributed by atoms with Gasteiger partial charge in [-0.05, 0) is 35.4 Å². The van der Waals surface area contributed by atoms with Crippen molar-refractivity contribution in [1.82, 2.24) is 10.2 Å². The lowest BCUT2D eigenvalue weighted by atomic mass is 10.1. The number of rotatable bonds is 6. The highest BCUT2D eigenvalue weighted by Gasteiger charge is 2.08. The molecule has 0 aliphatic heterocycles. The normalized spacial score (nSPS) is 10.5. The van der Waals surface area contributed by atoms with Gasteiger partial charge in [-0.2, -0.15) is 0 Å². The molecule has 0 saturated heterocycles. The van der Waals surface area contributed by atoms with Crippen LogP contribution in [0, 0.1) is 5.82 Å². The second-order valence-corrected chi connectivity index (χ2v) is 5.35. The average molecular weight is 341 g/mol. The number of carbonyl (C=O) groups is 1. The Kier molecular flexibility index (Phi) is 5.03. The highest BCUT2D eigenvalue weighted by Crippen LogP contribution is 2.13. The van der Waals surface area contributed by atoms with Crippen molar-refractivity contribution in [3.63, 3.8) is 0 Å². The summed E-state index contributed by atoms with van der Waals surface area (Å²) < 4.78 is 23.1. The molecular formula is C18H16FN3O3. The molecule has 0 aliphatic rings. The molecule has 1 heterocycles. The molecule has 0 saturated carbocycles. The molecule has 0 radical (unpaired) electrons. The topological polar surface area (TPSA) is 77.2 Å². The number of ether oxygens (including phenoxy) is 1. The van der Waals surface area contributed by atoms with Crippen molar-refractivity contribution < 1.29 is 18.3 Å². The number of methoxy groups -OCH3 is 1. The summed E-state index contributed by atoms with van der Waals surface area (Å²) in [6.45, 7) is 0.472. The van der Waals surface area contributed by atoms with Crippen molar-refractivity contribution in [3.8, 4) is 0 Å². The Morgan fingerprint density at radius 1 is 1.08 bits per heavy atom. The third-order valence-electron chi connectivity index (χ3n) is 3.55. The van der Waals surface area contributed by atoms with Gasteiger partial charge in [0.25, 0.3) is 0 Å². The molecule has 1 aromatic heterocycles. The van der Waals surface area contributed by atoms with Crippen molar-refractivity contribution >= 4 is 12.0 Å². The molecule has 0 aliphatic carbocycles. The van der Waals surface area contributed by atoms with Crippen molar-refractivity contribution in [1.29, 1.82) is 0 Å². The van der Waals surface area contributed by atoms with Crippen molar-refractivity contribution in [2.45, 2.75) is 13.0 Å². The summed E-state index contributed by atoms with van der Waals surface area (Å²) in [5.74, 6) is -0.216. The van der Waals surface area contributed by atoms with Gasteiger partial charge in [0.05, 0.1) is 19.1 Å². The number of halogens is 1. The van der Waals surface area contributed by atoms with Crippen LogP contribution in [0.25, 0.3) is 0 Å². The Morgan fingerprint density at radius 2 is 1.76 bits per heavy atom. The first kappa shape index (κ1) is 16.6. The molecule has 3 aromatic rings. The number of nitrogens with one attached hydrogen (secondary N) is 1. The van der Waals surface area contributed by atoms with E-state index in [9.17, 15) is 9.18 Å². The van der Waals surface area contributed by atoms with Gasteiger partial charge in [-0.15, -0.1) is 5.10 Å². The Labute approximate surface area is 143 Å². The smallest absolute Gasteiger partial charge is 0.337 e. The summed E-state index contributed by atoms with van der Waals surface area (Å²) in [5.41, 5.74) is 2.33. The van der Waals surface area contributed by atoms with Crippen LogP contribution in [-0.4, -0.2) is 23.3 Å². The summed E-state index contributed by atoms with van der Waals surface area (Å²) in [6, 6.07) is 13.4. The molecular weight excluding hydrogens is 325 g/mol. The molecule has 0 amide bonds. The lowest BCUT2D eigenvalue weighted by molar-refractivity contribution is 0.0600. The molecule has 6 nitrogen and oxygen atoms in total. The predicted molar refractivity (Wildman–Crippen MR) is 88.6 cm³/mol. The zero-order valence-corrected chi connectivity index (χ0v) is 13.5. The lowest BCUT2D eigenvalue weighted by Crippen LogP contribution is -2.03. The Balaban J connectivity index is 1.56. The first-order valence-corrected chi connectivity index (χ1v) is 7.62. The van der Waals surface area contributed by atoms with Crippen LogP contribution in [0.2, 0.25) is 0 Å². The van der Waals surface area contributed by atoms with Gasteiger partial charge in [0, 0.05) is 6.54 Å². The monoisotopic (exact) mass is 341 g/mol. The SMILES string of the molecule is COC(=O)c1ccc(CNc2nnc(Cc3ccc(F)cc3)o2)cc1. The van der Waals surface area contributed by atoms with Crippen LogP contribution < -0.4 is 5.32 Å². The van der Waals surface area contributed by atoms with E-state index in [-0.39, 0.29) is 11.8 Å². The van der Waals surface area contributed by atoms with E-state index in [2.05, 4.69) is 20.3 Å². The maximum absolute atomic E-state index is 12.9. The molecule has 3 rings (SSSR count). The number of hydrogen-bond donors (Lipinski definition) is 1. The number of benzene rings is 2. The summed E-state index contributed by atoms with van der Waals surface area (Å²) >= 11 is 0. The molecule has 2 aromatic carbocycles. The molecule has 0 bridgehead atoms. The second-order valence-electron chi connectivity index (χ2n) is 5.35. The van der Waals surface area contributed by atoms with E-state index in [0.717, 1.165) is 11.1 Å². The maximum Gasteiger partial charge on any atom is 0.337 e. The van der Waals surface area contributed by atoms with Crippen LogP contribution in [0.1, 0.15) is 27.4 Å². The average Bonchev–Trinajstić information content (AvgIpc) is 3.09. The van der Waals surface area contributed by atoms with E-state index in [1.807, 2.05) is 12.1 Å². The van der Waals surface area contributed by atoms with E-state index in [4.69, 9.17) is 4.42 Å². The van der Waals surface area contributed by atoms with E-state index >= 15 is 0 Å². The minimum absolute atomic E-state index is 0.283. The van der Waals surface area contributed by atoms with Crippen LogP contribution in [0.5, 0.6) is 0 Å². The van der Waals surface area contributed by atoms with Crippen LogP contribution in [0.15, 0.2) is 52.9 Å². The third-order valence-corrected chi connectivity index (χ3v) is 3.55. The number of nitrogens with zero attached hydrogens (tertiary/aromatic N) is 2. The Hall–Kier alpha value is -3.22. The predicted octanol–water partition coefficient (Wildman–Crippen LogP) is 3.20. The van der Waals surface area contributed by atoms with E-state index in [0.29, 0.717) is 30.4 Å². The molecule has 128 valence electrons. The fourth-order valence-corrected chi connectivity index (χ4v) is 2.23. The van der Waals surface area contributed by atoms with Gasteiger partial charge in [-0.25, -0.2) is 9.18 Å². The second kappa shape index (κ2) is 7.57. The molecule has 25 heavy (non-hydrogen) atoms. The van der Waals surface area contributed by atoms with Gasteiger partial charge in [-0.3, -0.25) is 0 Å². The minimum Gasteiger partial charge on any atom is -0.465 e. The molecule has 0 atom stereocenters. The maximum atomic E-state index is 12.9. The fourth-order valence-electron chi connectivity index (χ4n) is 2.23. The van der Waals surface area contributed by atoms with E-state index in [1.165, 1.54) is 19.2 Å². The third kappa shape index (κ3) is 4.41. The summed E-state index contributed by atoms with van der Waals surface area (Å²) in [7, 11) is 1.34. The summed E-state index contributed by atoms with van der Waals surface area (Å²) in [5, 5.41) is 10.9. The van der Waals surface area contributed by atoms with Gasteiger partial charge in [0.1, 0.15) is 5.82 Å².